The van der Waals surface area contributed by atoms with E-state index in [-0.39, 0.29) is 0 Å². The van der Waals surface area contributed by atoms with Crippen LogP contribution in [0.1, 0.15) is 5.01 Å². The summed E-state index contributed by atoms with van der Waals surface area (Å²) in [6.07, 6.45) is 1.20. The fraction of sp³-hybridized carbons (Fsp3) is 0.429. The standard InChI is InChI=1S/C7H9NO3S/c1-11-5(7(9)10)4-6-8-2-3-12-6/h2-3,5H,4H2,1H3,(H,9,10). The van der Waals surface area contributed by atoms with Crippen molar-refractivity contribution in [2.24, 2.45) is 0 Å². The van der Waals surface area contributed by atoms with Crippen molar-refractivity contribution in [2.75, 3.05) is 7.11 Å². The minimum atomic E-state index is -0.951. The molecule has 0 aliphatic heterocycles. The second-order valence-corrected chi connectivity index (χ2v) is 3.17. The van der Waals surface area contributed by atoms with E-state index in [9.17, 15) is 4.79 Å². The van der Waals surface area contributed by atoms with Gasteiger partial charge in [0.1, 0.15) is 0 Å². The first kappa shape index (κ1) is 9.15. The Balaban J connectivity index is 2.54. The quantitative estimate of drug-likeness (QED) is 0.756. The van der Waals surface area contributed by atoms with Crippen LogP contribution < -0.4 is 0 Å². The van der Waals surface area contributed by atoms with Gasteiger partial charge in [-0.3, -0.25) is 0 Å². The van der Waals surface area contributed by atoms with Gasteiger partial charge in [-0.1, -0.05) is 0 Å². The van der Waals surface area contributed by atoms with Gasteiger partial charge in [-0.2, -0.15) is 0 Å². The molecule has 4 nitrogen and oxygen atoms in total. The maximum Gasteiger partial charge on any atom is 0.333 e. The van der Waals surface area contributed by atoms with Gasteiger partial charge in [0.15, 0.2) is 6.10 Å². The van der Waals surface area contributed by atoms with E-state index in [2.05, 4.69) is 4.98 Å². The third kappa shape index (κ3) is 2.28. The predicted molar refractivity (Wildman–Crippen MR) is 44.3 cm³/mol. The van der Waals surface area contributed by atoms with Gasteiger partial charge >= 0.3 is 5.97 Å². The lowest BCUT2D eigenvalue weighted by Crippen LogP contribution is -2.24. The number of methoxy groups -OCH3 is 1. The third-order valence-electron chi connectivity index (χ3n) is 1.40. The van der Waals surface area contributed by atoms with Gasteiger partial charge in [0.25, 0.3) is 0 Å². The van der Waals surface area contributed by atoms with Crippen LogP contribution in [-0.2, 0) is 16.0 Å². The average Bonchev–Trinajstić information content (AvgIpc) is 2.51. The van der Waals surface area contributed by atoms with Gasteiger partial charge in [-0.05, 0) is 0 Å². The lowest BCUT2D eigenvalue weighted by atomic mass is 10.3. The Kier molecular flexibility index (Phi) is 3.19. The van der Waals surface area contributed by atoms with Crippen molar-refractivity contribution in [1.82, 2.24) is 4.98 Å². The van der Waals surface area contributed by atoms with Gasteiger partial charge < -0.3 is 9.84 Å². The van der Waals surface area contributed by atoms with Crippen molar-refractivity contribution in [3.63, 3.8) is 0 Å². The van der Waals surface area contributed by atoms with Gasteiger partial charge in [0.2, 0.25) is 0 Å². The van der Waals surface area contributed by atoms with Crippen LogP contribution in [0.3, 0.4) is 0 Å². The molecule has 1 rings (SSSR count). The summed E-state index contributed by atoms with van der Waals surface area (Å²) in [5, 5.41) is 11.2. The fourth-order valence-electron chi connectivity index (χ4n) is 0.784. The van der Waals surface area contributed by atoms with Gasteiger partial charge in [-0.15, -0.1) is 11.3 Å². The number of ether oxygens (including phenoxy) is 1. The van der Waals surface area contributed by atoms with Gasteiger partial charge in [0, 0.05) is 25.1 Å². The Labute approximate surface area is 73.8 Å². The monoisotopic (exact) mass is 187 g/mol. The molecule has 1 aromatic rings. The molecular formula is C7H9NO3S. The Bertz CT molecular complexity index is 247. The molecule has 12 heavy (non-hydrogen) atoms. The fourth-order valence-corrected chi connectivity index (χ4v) is 1.43. The highest BCUT2D eigenvalue weighted by molar-refractivity contribution is 7.09. The Hall–Kier alpha value is -0.940. The molecule has 1 heterocycles. The van der Waals surface area contributed by atoms with Gasteiger partial charge in [-0.25, -0.2) is 9.78 Å². The molecule has 5 heteroatoms. The highest BCUT2D eigenvalue weighted by Crippen LogP contribution is 2.08. The average molecular weight is 187 g/mol. The number of hydrogen-bond donors (Lipinski definition) is 1. The van der Waals surface area contributed by atoms with Crippen LogP contribution in [0.25, 0.3) is 0 Å². The number of carboxylic acids is 1. The molecular weight excluding hydrogens is 178 g/mol. The molecule has 1 aromatic heterocycles. The van der Waals surface area contributed by atoms with E-state index >= 15 is 0 Å². The molecule has 0 aliphatic rings. The van der Waals surface area contributed by atoms with Crippen LogP contribution in [0.15, 0.2) is 11.6 Å². The molecule has 0 aliphatic carbocycles. The van der Waals surface area contributed by atoms with Gasteiger partial charge in [0.05, 0.1) is 5.01 Å². The molecule has 0 aromatic carbocycles. The zero-order valence-electron chi connectivity index (χ0n) is 6.56. The van der Waals surface area contributed by atoms with Crippen LogP contribution in [0.2, 0.25) is 0 Å². The van der Waals surface area contributed by atoms with Crippen molar-refractivity contribution in [1.29, 1.82) is 0 Å². The third-order valence-corrected chi connectivity index (χ3v) is 2.21. The molecule has 0 fully saturated rings. The minimum absolute atomic E-state index is 0.337. The van der Waals surface area contributed by atoms with Crippen molar-refractivity contribution in [2.45, 2.75) is 12.5 Å². The number of aromatic nitrogens is 1. The van der Waals surface area contributed by atoms with Crippen LogP contribution >= 0.6 is 11.3 Å². The Morgan fingerprint density at radius 3 is 3.08 bits per heavy atom. The van der Waals surface area contributed by atoms with Crippen LogP contribution in [-0.4, -0.2) is 29.3 Å². The predicted octanol–water partition coefficient (Wildman–Crippen LogP) is 0.785. The molecule has 0 spiro atoms. The van der Waals surface area contributed by atoms with Crippen LogP contribution in [0, 0.1) is 0 Å². The molecule has 0 bridgehead atoms. The molecule has 66 valence electrons. The van der Waals surface area contributed by atoms with Crippen molar-refractivity contribution in [3.8, 4) is 0 Å². The zero-order chi connectivity index (χ0) is 8.97. The summed E-state index contributed by atoms with van der Waals surface area (Å²) in [7, 11) is 1.38. The molecule has 0 amide bonds. The smallest absolute Gasteiger partial charge is 0.333 e. The van der Waals surface area contributed by atoms with Crippen LogP contribution in [0.5, 0.6) is 0 Å². The van der Waals surface area contributed by atoms with E-state index in [0.29, 0.717) is 6.42 Å². The number of carboxylic acid groups (broad SMARTS) is 1. The molecule has 0 saturated carbocycles. The summed E-state index contributed by atoms with van der Waals surface area (Å²) in [6, 6.07) is 0. The normalized spacial score (nSPS) is 12.8. The number of thiazole rings is 1. The maximum atomic E-state index is 10.5. The number of rotatable bonds is 4. The number of carbonyl (C=O) groups is 1. The van der Waals surface area contributed by atoms with Crippen molar-refractivity contribution >= 4 is 17.3 Å². The second kappa shape index (κ2) is 4.18. The topological polar surface area (TPSA) is 59.4 Å². The highest BCUT2D eigenvalue weighted by atomic mass is 32.1. The van der Waals surface area contributed by atoms with E-state index in [1.54, 1.807) is 6.20 Å². The summed E-state index contributed by atoms with van der Waals surface area (Å²) in [5.74, 6) is -0.951. The summed E-state index contributed by atoms with van der Waals surface area (Å²) in [6.45, 7) is 0. The minimum Gasteiger partial charge on any atom is -0.479 e. The van der Waals surface area contributed by atoms with Crippen LogP contribution in [0.4, 0.5) is 0 Å². The molecule has 1 N–H and O–H groups in total. The highest BCUT2D eigenvalue weighted by Gasteiger charge is 2.17. The number of aliphatic carboxylic acids is 1. The first-order valence-corrected chi connectivity index (χ1v) is 4.26. The Morgan fingerprint density at radius 2 is 2.67 bits per heavy atom. The number of nitrogens with zero attached hydrogens (tertiary/aromatic N) is 1. The largest absolute Gasteiger partial charge is 0.479 e. The maximum absolute atomic E-state index is 10.5. The van der Waals surface area contributed by atoms with E-state index in [1.807, 2.05) is 5.38 Å². The lowest BCUT2D eigenvalue weighted by molar-refractivity contribution is -0.148. The molecule has 0 saturated heterocycles. The SMILES string of the molecule is COC(Cc1nccs1)C(=O)O. The second-order valence-electron chi connectivity index (χ2n) is 2.19. The summed E-state index contributed by atoms with van der Waals surface area (Å²) < 4.78 is 4.75. The van der Waals surface area contributed by atoms with E-state index in [0.717, 1.165) is 5.01 Å². The van der Waals surface area contributed by atoms with E-state index in [1.165, 1.54) is 18.4 Å². The van der Waals surface area contributed by atoms with Crippen molar-refractivity contribution < 1.29 is 14.6 Å². The molecule has 0 radical (unpaired) electrons. The number of hydrogen-bond acceptors (Lipinski definition) is 4. The summed E-state index contributed by atoms with van der Waals surface area (Å²) in [4.78, 5) is 14.5. The summed E-state index contributed by atoms with van der Waals surface area (Å²) >= 11 is 1.43. The molecule has 1 atom stereocenters. The summed E-state index contributed by atoms with van der Waals surface area (Å²) in [5.41, 5.74) is 0. The Morgan fingerprint density at radius 1 is 1.92 bits per heavy atom. The van der Waals surface area contributed by atoms with Crippen molar-refractivity contribution in [3.05, 3.63) is 16.6 Å². The first-order chi connectivity index (χ1) is 5.74. The first-order valence-electron chi connectivity index (χ1n) is 3.38. The van der Waals surface area contributed by atoms with E-state index in [4.69, 9.17) is 9.84 Å². The zero-order valence-corrected chi connectivity index (χ0v) is 7.37. The molecule has 1 unspecified atom stereocenters. The lowest BCUT2D eigenvalue weighted by Gasteiger charge is -2.06. The van der Waals surface area contributed by atoms with E-state index < -0.39 is 12.1 Å².